The van der Waals surface area contributed by atoms with E-state index >= 15 is 0 Å². The summed E-state index contributed by atoms with van der Waals surface area (Å²) in [5.41, 5.74) is 1.56. The lowest BCUT2D eigenvalue weighted by atomic mass is 10.2. The zero-order valence-electron chi connectivity index (χ0n) is 14.0. The van der Waals surface area contributed by atoms with Gasteiger partial charge in [0.1, 0.15) is 12.6 Å². The summed E-state index contributed by atoms with van der Waals surface area (Å²) < 4.78 is 0. The Labute approximate surface area is 150 Å². The highest BCUT2D eigenvalue weighted by Gasteiger charge is 2.43. The first kappa shape index (κ1) is 17.2. The molecule has 0 bridgehead atoms. The minimum atomic E-state index is -0.674. The van der Waals surface area contributed by atoms with Gasteiger partial charge in [0, 0.05) is 11.4 Å². The molecule has 0 aliphatic carbocycles. The third-order valence-corrected chi connectivity index (χ3v) is 4.08. The van der Waals surface area contributed by atoms with E-state index in [1.54, 1.807) is 55.5 Å². The first-order valence-corrected chi connectivity index (χ1v) is 8.01. The molecule has 130 valence electrons. The molecular formula is C19H16N4O3. The predicted molar refractivity (Wildman–Crippen MR) is 95.3 cm³/mol. The molecule has 26 heavy (non-hydrogen) atoms. The molecular weight excluding hydrogens is 332 g/mol. The summed E-state index contributed by atoms with van der Waals surface area (Å²) in [6.45, 7) is 1.26. The molecule has 2 aromatic carbocycles. The summed E-state index contributed by atoms with van der Waals surface area (Å²) in [6.07, 6.45) is 0. The molecule has 0 radical (unpaired) electrons. The standard InChI is InChI=1S/C19H16N4O3/c1-13-18(25)22(19(26)23(13)16-5-3-2-4-6-16)12-17(24)21-15-9-7-14(11-20)8-10-15/h2-10,13H,12H2,1H3,(H,21,24)/t13-/m0/s1. The van der Waals surface area contributed by atoms with E-state index in [4.69, 9.17) is 5.26 Å². The second-order valence-electron chi connectivity index (χ2n) is 5.83. The molecule has 1 fully saturated rings. The summed E-state index contributed by atoms with van der Waals surface area (Å²) in [5.74, 6) is -0.910. The van der Waals surface area contributed by atoms with Crippen LogP contribution in [0.3, 0.4) is 0 Å². The summed E-state index contributed by atoms with van der Waals surface area (Å²) in [6, 6.07) is 16.0. The molecule has 0 aromatic heterocycles. The first-order valence-electron chi connectivity index (χ1n) is 8.01. The molecule has 7 nitrogen and oxygen atoms in total. The van der Waals surface area contributed by atoms with Gasteiger partial charge in [0.2, 0.25) is 5.91 Å². The number of nitriles is 1. The van der Waals surface area contributed by atoms with Gasteiger partial charge in [-0.15, -0.1) is 0 Å². The molecule has 1 N–H and O–H groups in total. The van der Waals surface area contributed by atoms with Crippen molar-refractivity contribution < 1.29 is 14.4 Å². The average Bonchev–Trinajstić information content (AvgIpc) is 2.86. The van der Waals surface area contributed by atoms with Gasteiger partial charge in [0.15, 0.2) is 0 Å². The Morgan fingerprint density at radius 1 is 1.12 bits per heavy atom. The Kier molecular flexibility index (Phi) is 4.67. The van der Waals surface area contributed by atoms with Crippen molar-refractivity contribution in [2.45, 2.75) is 13.0 Å². The van der Waals surface area contributed by atoms with E-state index in [9.17, 15) is 14.4 Å². The monoisotopic (exact) mass is 348 g/mol. The van der Waals surface area contributed by atoms with Crippen LogP contribution in [0, 0.1) is 11.3 Å². The van der Waals surface area contributed by atoms with Crippen molar-refractivity contribution >= 4 is 29.2 Å². The van der Waals surface area contributed by atoms with Gasteiger partial charge in [-0.25, -0.2) is 4.79 Å². The smallest absolute Gasteiger partial charge is 0.325 e. The summed E-state index contributed by atoms with van der Waals surface area (Å²) in [7, 11) is 0. The predicted octanol–water partition coefficient (Wildman–Crippen LogP) is 2.35. The molecule has 0 saturated carbocycles. The Balaban J connectivity index is 1.71. The van der Waals surface area contributed by atoms with Crippen molar-refractivity contribution in [3.63, 3.8) is 0 Å². The lowest BCUT2D eigenvalue weighted by molar-refractivity contribution is -0.130. The zero-order chi connectivity index (χ0) is 18.7. The summed E-state index contributed by atoms with van der Waals surface area (Å²) >= 11 is 0. The van der Waals surface area contributed by atoms with Crippen LogP contribution in [0.15, 0.2) is 54.6 Å². The number of hydrogen-bond acceptors (Lipinski definition) is 4. The fraction of sp³-hybridized carbons (Fsp3) is 0.158. The third kappa shape index (κ3) is 3.26. The van der Waals surface area contributed by atoms with E-state index in [0.717, 1.165) is 4.90 Å². The number of nitrogens with one attached hydrogen (secondary N) is 1. The van der Waals surface area contributed by atoms with Crippen molar-refractivity contribution in [3.05, 3.63) is 60.2 Å². The van der Waals surface area contributed by atoms with Crippen LogP contribution in [0.4, 0.5) is 16.2 Å². The third-order valence-electron chi connectivity index (χ3n) is 4.08. The van der Waals surface area contributed by atoms with Crippen LogP contribution in [-0.4, -0.2) is 35.3 Å². The van der Waals surface area contributed by atoms with Gasteiger partial charge in [0.25, 0.3) is 5.91 Å². The molecule has 0 spiro atoms. The fourth-order valence-corrected chi connectivity index (χ4v) is 2.77. The Bertz CT molecular complexity index is 887. The number of benzene rings is 2. The second kappa shape index (κ2) is 7.07. The molecule has 2 aromatic rings. The molecule has 7 heteroatoms. The van der Waals surface area contributed by atoms with Crippen LogP contribution >= 0.6 is 0 Å². The maximum atomic E-state index is 12.6. The van der Waals surface area contributed by atoms with Crippen molar-refractivity contribution in [1.82, 2.24) is 4.90 Å². The lowest BCUT2D eigenvalue weighted by Crippen LogP contribution is -2.39. The number of imide groups is 1. The van der Waals surface area contributed by atoms with Gasteiger partial charge < -0.3 is 5.32 Å². The van der Waals surface area contributed by atoms with Crippen LogP contribution in [-0.2, 0) is 9.59 Å². The number of carbonyl (C=O) groups is 3. The van der Waals surface area contributed by atoms with Crippen molar-refractivity contribution in [1.29, 1.82) is 5.26 Å². The van der Waals surface area contributed by atoms with E-state index in [1.165, 1.54) is 4.90 Å². The van der Waals surface area contributed by atoms with Crippen LogP contribution in [0.1, 0.15) is 12.5 Å². The lowest BCUT2D eigenvalue weighted by Gasteiger charge is -2.19. The molecule has 1 aliphatic heterocycles. The minimum absolute atomic E-state index is 0.370. The molecule has 3 rings (SSSR count). The molecule has 1 saturated heterocycles. The number of amides is 4. The van der Waals surface area contributed by atoms with Crippen LogP contribution in [0.2, 0.25) is 0 Å². The molecule has 0 unspecified atom stereocenters. The van der Waals surface area contributed by atoms with Crippen LogP contribution < -0.4 is 10.2 Å². The number of para-hydroxylation sites is 1. The Morgan fingerprint density at radius 3 is 2.38 bits per heavy atom. The van der Waals surface area contributed by atoms with Gasteiger partial charge in [-0.2, -0.15) is 5.26 Å². The number of urea groups is 1. The molecule has 4 amide bonds. The number of hydrogen-bond donors (Lipinski definition) is 1. The highest BCUT2D eigenvalue weighted by atomic mass is 16.2. The molecule has 1 aliphatic rings. The fourth-order valence-electron chi connectivity index (χ4n) is 2.77. The number of carbonyl (C=O) groups excluding carboxylic acids is 3. The van der Waals surface area contributed by atoms with E-state index in [0.29, 0.717) is 16.9 Å². The largest absolute Gasteiger partial charge is 0.332 e. The number of nitrogens with zero attached hydrogens (tertiary/aromatic N) is 3. The van der Waals surface area contributed by atoms with E-state index in [1.807, 2.05) is 12.1 Å². The van der Waals surface area contributed by atoms with Gasteiger partial charge in [0.05, 0.1) is 11.6 Å². The van der Waals surface area contributed by atoms with Crippen molar-refractivity contribution in [3.8, 4) is 6.07 Å². The number of anilines is 2. The maximum Gasteiger partial charge on any atom is 0.332 e. The van der Waals surface area contributed by atoms with Gasteiger partial charge in [-0.1, -0.05) is 18.2 Å². The minimum Gasteiger partial charge on any atom is -0.325 e. The topological polar surface area (TPSA) is 93.5 Å². The van der Waals surface area contributed by atoms with Crippen LogP contribution in [0.5, 0.6) is 0 Å². The normalized spacial score (nSPS) is 16.5. The molecule has 1 atom stereocenters. The Morgan fingerprint density at radius 2 is 1.77 bits per heavy atom. The quantitative estimate of drug-likeness (QED) is 0.858. The van der Waals surface area contributed by atoms with Crippen molar-refractivity contribution in [2.75, 3.05) is 16.8 Å². The van der Waals surface area contributed by atoms with Gasteiger partial charge in [-0.05, 0) is 43.3 Å². The molecule has 1 heterocycles. The van der Waals surface area contributed by atoms with Gasteiger partial charge in [-0.3, -0.25) is 19.4 Å². The van der Waals surface area contributed by atoms with Gasteiger partial charge >= 0.3 is 6.03 Å². The zero-order valence-corrected chi connectivity index (χ0v) is 14.0. The summed E-state index contributed by atoms with van der Waals surface area (Å²) in [4.78, 5) is 39.6. The highest BCUT2D eigenvalue weighted by molar-refractivity contribution is 6.16. The van der Waals surface area contributed by atoms with E-state index < -0.39 is 23.9 Å². The average molecular weight is 348 g/mol. The van der Waals surface area contributed by atoms with E-state index in [-0.39, 0.29) is 6.54 Å². The summed E-state index contributed by atoms with van der Waals surface area (Å²) in [5, 5.41) is 11.4. The maximum absolute atomic E-state index is 12.6. The second-order valence-corrected chi connectivity index (χ2v) is 5.83. The number of rotatable bonds is 4. The Hall–Kier alpha value is -3.66. The van der Waals surface area contributed by atoms with Crippen molar-refractivity contribution in [2.24, 2.45) is 0 Å². The van der Waals surface area contributed by atoms with E-state index in [2.05, 4.69) is 5.32 Å². The van der Waals surface area contributed by atoms with Crippen LogP contribution in [0.25, 0.3) is 0 Å². The highest BCUT2D eigenvalue weighted by Crippen LogP contribution is 2.25. The SMILES string of the molecule is C[C@H]1C(=O)N(CC(=O)Nc2ccc(C#N)cc2)C(=O)N1c1ccccc1. The first-order chi connectivity index (χ1) is 12.5.